The lowest BCUT2D eigenvalue weighted by molar-refractivity contribution is 0.569. The predicted molar refractivity (Wildman–Crippen MR) is 64.3 cm³/mol. The zero-order valence-corrected chi connectivity index (χ0v) is 9.91. The fourth-order valence-electron chi connectivity index (χ4n) is 1.41. The smallest absolute Gasteiger partial charge is 0.200 e. The normalized spacial score (nSPS) is 10.6. The summed E-state index contributed by atoms with van der Waals surface area (Å²) in [7, 11) is 0. The summed E-state index contributed by atoms with van der Waals surface area (Å²) >= 11 is 1.66. The molecule has 0 radical (unpaired) electrons. The molecule has 5 heteroatoms. The second kappa shape index (κ2) is 5.03. The topological polar surface area (TPSA) is 43.9 Å². The quantitative estimate of drug-likeness (QED) is 0.590. The highest BCUT2D eigenvalue weighted by Gasteiger charge is 2.14. The van der Waals surface area contributed by atoms with E-state index in [2.05, 4.69) is 23.7 Å². The van der Waals surface area contributed by atoms with Gasteiger partial charge in [-0.2, -0.15) is 0 Å². The van der Waals surface area contributed by atoms with Crippen LogP contribution in [-0.2, 0) is 6.54 Å². The van der Waals surface area contributed by atoms with Crippen LogP contribution in [0.1, 0.15) is 6.92 Å². The molecule has 0 atom stereocenters. The number of allylic oxidation sites excluding steroid dienone is 1. The molecule has 0 saturated heterocycles. The van der Waals surface area contributed by atoms with Gasteiger partial charge in [0, 0.05) is 6.54 Å². The first kappa shape index (κ1) is 11.0. The Balaban J connectivity index is 2.41. The van der Waals surface area contributed by atoms with Gasteiger partial charge in [-0.15, -0.1) is 16.8 Å². The molecule has 84 valence electrons. The van der Waals surface area contributed by atoms with Crippen LogP contribution in [0.4, 0.5) is 0 Å². The molecule has 0 amide bonds. The lowest BCUT2D eigenvalue weighted by Gasteiger charge is -2.04. The zero-order chi connectivity index (χ0) is 11.4. The Morgan fingerprint density at radius 2 is 2.44 bits per heavy atom. The van der Waals surface area contributed by atoms with Gasteiger partial charge in [-0.05, 0) is 17.9 Å². The van der Waals surface area contributed by atoms with E-state index in [4.69, 9.17) is 4.42 Å². The molecule has 2 heterocycles. The van der Waals surface area contributed by atoms with Gasteiger partial charge in [-0.1, -0.05) is 24.8 Å². The van der Waals surface area contributed by atoms with Crippen molar-refractivity contribution in [3.05, 3.63) is 31.1 Å². The minimum atomic E-state index is 0.686. The molecule has 0 N–H and O–H groups in total. The van der Waals surface area contributed by atoms with E-state index in [9.17, 15) is 0 Å². The maximum absolute atomic E-state index is 5.33. The number of nitrogens with zero attached hydrogens (tertiary/aromatic N) is 3. The molecular weight excluding hydrogens is 222 g/mol. The molecule has 0 fully saturated rings. The van der Waals surface area contributed by atoms with E-state index < -0.39 is 0 Å². The standard InChI is InChI=1S/C11H13N3OS/c1-3-7-14-10(9-6-5-8-15-9)12-13-11(14)16-4-2/h3,5-6,8H,1,4,7H2,2H3. The van der Waals surface area contributed by atoms with Crippen molar-refractivity contribution in [3.8, 4) is 11.6 Å². The van der Waals surface area contributed by atoms with E-state index in [-0.39, 0.29) is 0 Å². The Hall–Kier alpha value is -1.49. The van der Waals surface area contributed by atoms with Crippen LogP contribution in [0.5, 0.6) is 0 Å². The first-order chi connectivity index (χ1) is 7.86. The first-order valence-electron chi connectivity index (χ1n) is 5.07. The second-order valence-corrected chi connectivity index (χ2v) is 4.35. The van der Waals surface area contributed by atoms with Crippen LogP contribution >= 0.6 is 11.8 Å². The lowest BCUT2D eigenvalue weighted by Crippen LogP contribution is -1.99. The predicted octanol–water partition coefficient (Wildman–Crippen LogP) is 2.84. The van der Waals surface area contributed by atoms with Gasteiger partial charge < -0.3 is 4.42 Å². The van der Waals surface area contributed by atoms with Gasteiger partial charge in [0.1, 0.15) is 0 Å². The van der Waals surface area contributed by atoms with E-state index >= 15 is 0 Å². The molecule has 0 aliphatic heterocycles. The SMILES string of the molecule is C=CCn1c(SCC)nnc1-c1ccco1. The maximum Gasteiger partial charge on any atom is 0.200 e. The average molecular weight is 235 g/mol. The van der Waals surface area contributed by atoms with E-state index in [1.165, 1.54) is 0 Å². The Morgan fingerprint density at radius 3 is 3.06 bits per heavy atom. The molecule has 0 aliphatic rings. The van der Waals surface area contributed by atoms with Crippen molar-refractivity contribution < 1.29 is 4.42 Å². The minimum absolute atomic E-state index is 0.686. The van der Waals surface area contributed by atoms with Gasteiger partial charge in [-0.25, -0.2) is 0 Å². The van der Waals surface area contributed by atoms with Crippen LogP contribution in [0.3, 0.4) is 0 Å². The molecule has 2 aromatic heterocycles. The molecule has 2 aromatic rings. The summed E-state index contributed by atoms with van der Waals surface area (Å²) in [5, 5.41) is 9.19. The van der Waals surface area contributed by atoms with Crippen molar-refractivity contribution in [2.24, 2.45) is 0 Å². The first-order valence-corrected chi connectivity index (χ1v) is 6.06. The van der Waals surface area contributed by atoms with Gasteiger partial charge in [0.15, 0.2) is 10.9 Å². The van der Waals surface area contributed by atoms with E-state index in [0.29, 0.717) is 6.54 Å². The van der Waals surface area contributed by atoms with Crippen LogP contribution in [0.2, 0.25) is 0 Å². The summed E-state index contributed by atoms with van der Waals surface area (Å²) in [6, 6.07) is 3.72. The molecule has 16 heavy (non-hydrogen) atoms. The minimum Gasteiger partial charge on any atom is -0.461 e. The molecule has 0 aliphatic carbocycles. The lowest BCUT2D eigenvalue weighted by atomic mass is 10.4. The Morgan fingerprint density at radius 1 is 1.56 bits per heavy atom. The van der Waals surface area contributed by atoms with Crippen molar-refractivity contribution in [3.63, 3.8) is 0 Å². The number of hydrogen-bond donors (Lipinski definition) is 0. The average Bonchev–Trinajstić information content (AvgIpc) is 2.89. The van der Waals surface area contributed by atoms with Gasteiger partial charge in [0.05, 0.1) is 6.26 Å². The molecule has 4 nitrogen and oxygen atoms in total. The monoisotopic (exact) mass is 235 g/mol. The van der Waals surface area contributed by atoms with Crippen LogP contribution in [0.25, 0.3) is 11.6 Å². The summed E-state index contributed by atoms with van der Waals surface area (Å²) in [5.41, 5.74) is 0. The number of furan rings is 1. The van der Waals surface area contributed by atoms with Crippen molar-refractivity contribution in [2.45, 2.75) is 18.6 Å². The van der Waals surface area contributed by atoms with Crippen molar-refractivity contribution >= 4 is 11.8 Å². The molecule has 0 spiro atoms. The Bertz CT molecular complexity index is 462. The molecule has 0 unspecified atom stereocenters. The summed E-state index contributed by atoms with van der Waals surface area (Å²) in [6.45, 7) is 6.52. The third-order valence-corrected chi connectivity index (χ3v) is 2.89. The molecule has 2 rings (SSSR count). The summed E-state index contributed by atoms with van der Waals surface area (Å²) in [5.74, 6) is 2.45. The van der Waals surface area contributed by atoms with Gasteiger partial charge in [0.25, 0.3) is 0 Å². The number of rotatable bonds is 5. The van der Waals surface area contributed by atoms with Gasteiger partial charge in [0.2, 0.25) is 5.82 Å². The largest absolute Gasteiger partial charge is 0.461 e. The number of aromatic nitrogens is 3. The third-order valence-electron chi connectivity index (χ3n) is 2.04. The van der Waals surface area contributed by atoms with Crippen LogP contribution < -0.4 is 0 Å². The van der Waals surface area contributed by atoms with Crippen molar-refractivity contribution in [1.82, 2.24) is 14.8 Å². The fourth-order valence-corrected chi connectivity index (χ4v) is 2.08. The Kier molecular flexibility index (Phi) is 3.46. The van der Waals surface area contributed by atoms with Crippen LogP contribution in [0, 0.1) is 0 Å². The molecule has 0 bridgehead atoms. The number of thioether (sulfide) groups is 1. The van der Waals surface area contributed by atoms with Crippen LogP contribution in [0.15, 0.2) is 40.6 Å². The molecule has 0 saturated carbocycles. The maximum atomic E-state index is 5.33. The highest BCUT2D eigenvalue weighted by atomic mass is 32.2. The number of hydrogen-bond acceptors (Lipinski definition) is 4. The summed E-state index contributed by atoms with van der Waals surface area (Å²) < 4.78 is 7.33. The zero-order valence-electron chi connectivity index (χ0n) is 9.09. The van der Waals surface area contributed by atoms with Gasteiger partial charge >= 0.3 is 0 Å². The summed E-state index contributed by atoms with van der Waals surface area (Å²) in [4.78, 5) is 0. The highest BCUT2D eigenvalue weighted by molar-refractivity contribution is 7.99. The second-order valence-electron chi connectivity index (χ2n) is 3.12. The van der Waals surface area contributed by atoms with Gasteiger partial charge in [-0.3, -0.25) is 4.57 Å². The Labute approximate surface area is 98.4 Å². The highest BCUT2D eigenvalue weighted by Crippen LogP contribution is 2.23. The molecular formula is C11H13N3OS. The van der Waals surface area contributed by atoms with Crippen molar-refractivity contribution in [2.75, 3.05) is 5.75 Å². The van der Waals surface area contributed by atoms with Crippen LogP contribution in [-0.4, -0.2) is 20.5 Å². The van der Waals surface area contributed by atoms with E-state index in [1.807, 2.05) is 22.8 Å². The third kappa shape index (κ3) is 2.04. The van der Waals surface area contributed by atoms with Crippen molar-refractivity contribution in [1.29, 1.82) is 0 Å². The fraction of sp³-hybridized carbons (Fsp3) is 0.273. The molecule has 0 aromatic carbocycles. The summed E-state index contributed by atoms with van der Waals surface area (Å²) in [6.07, 6.45) is 3.46. The van der Waals surface area contributed by atoms with E-state index in [0.717, 1.165) is 22.5 Å². The van der Waals surface area contributed by atoms with E-state index in [1.54, 1.807) is 18.0 Å².